The first kappa shape index (κ1) is 18.5. The van der Waals surface area contributed by atoms with Crippen LogP contribution in [0.25, 0.3) is 10.9 Å². The summed E-state index contributed by atoms with van der Waals surface area (Å²) in [6.45, 7) is 3.32. The van der Waals surface area contributed by atoms with Crippen molar-refractivity contribution in [3.05, 3.63) is 59.5 Å². The normalized spacial score (nSPS) is 17.2. The van der Waals surface area contributed by atoms with Gasteiger partial charge in [-0.05, 0) is 48.0 Å². The molecular weight excluding hydrogens is 357 g/mol. The quantitative estimate of drug-likeness (QED) is 0.723. The Kier molecular flexibility index (Phi) is 4.81. The molecule has 1 aliphatic heterocycles. The number of hydrogen-bond acceptors (Lipinski definition) is 3. The monoisotopic (exact) mass is 381 g/mol. The van der Waals surface area contributed by atoms with E-state index in [4.69, 9.17) is 4.74 Å². The summed E-state index contributed by atoms with van der Waals surface area (Å²) in [7, 11) is 3.60. The lowest BCUT2D eigenvalue weighted by molar-refractivity contribution is -0.120. The molecule has 2 N–H and O–H groups in total. The third-order valence-corrected chi connectivity index (χ3v) is 5.73. The van der Waals surface area contributed by atoms with Crippen molar-refractivity contribution in [2.45, 2.75) is 19.4 Å². The van der Waals surface area contributed by atoms with Crippen molar-refractivity contribution >= 4 is 22.5 Å². The van der Waals surface area contributed by atoms with Crippen LogP contribution in [0, 0.1) is 11.7 Å². The van der Waals surface area contributed by atoms with Crippen LogP contribution in [0.3, 0.4) is 0 Å². The number of hydrogen-bond donors (Lipinski definition) is 2. The molecular formula is C22H24FN3O2. The van der Waals surface area contributed by atoms with E-state index in [1.165, 1.54) is 6.07 Å². The number of carbonyl (C=O) groups excluding carboxylic acids is 1. The zero-order valence-electron chi connectivity index (χ0n) is 16.3. The van der Waals surface area contributed by atoms with Gasteiger partial charge in [-0.2, -0.15) is 0 Å². The van der Waals surface area contributed by atoms with Gasteiger partial charge in [-0.1, -0.05) is 6.92 Å². The van der Waals surface area contributed by atoms with Crippen molar-refractivity contribution in [1.29, 1.82) is 0 Å². The molecule has 2 aromatic carbocycles. The molecule has 1 aromatic heterocycles. The molecule has 2 unspecified atom stereocenters. The van der Waals surface area contributed by atoms with Crippen LogP contribution < -0.4 is 15.4 Å². The lowest BCUT2D eigenvalue weighted by Crippen LogP contribution is -2.36. The van der Waals surface area contributed by atoms with E-state index in [-0.39, 0.29) is 23.6 Å². The van der Waals surface area contributed by atoms with Crippen LogP contribution in [-0.2, 0) is 18.4 Å². The highest BCUT2D eigenvalue weighted by Gasteiger charge is 2.33. The predicted octanol–water partition coefficient (Wildman–Crippen LogP) is 3.79. The van der Waals surface area contributed by atoms with Gasteiger partial charge in [-0.15, -0.1) is 0 Å². The number of rotatable bonds is 4. The Morgan fingerprint density at radius 3 is 2.75 bits per heavy atom. The number of nitrogens with one attached hydrogen (secondary N) is 2. The Labute approximate surface area is 163 Å². The summed E-state index contributed by atoms with van der Waals surface area (Å²) < 4.78 is 21.2. The van der Waals surface area contributed by atoms with Gasteiger partial charge in [-0.25, -0.2) is 4.39 Å². The molecule has 0 spiro atoms. The average molecular weight is 381 g/mol. The lowest BCUT2D eigenvalue weighted by Gasteiger charge is -2.29. The maximum atomic E-state index is 13.9. The second-order valence-corrected chi connectivity index (χ2v) is 7.32. The van der Waals surface area contributed by atoms with Crippen molar-refractivity contribution in [3.63, 3.8) is 0 Å². The Balaban J connectivity index is 1.64. The summed E-state index contributed by atoms with van der Waals surface area (Å²) in [5.74, 6) is 0.117. The van der Waals surface area contributed by atoms with E-state index in [1.54, 1.807) is 13.2 Å². The number of halogens is 1. The summed E-state index contributed by atoms with van der Waals surface area (Å²) in [4.78, 5) is 12.9. The molecule has 2 atom stereocenters. The van der Waals surface area contributed by atoms with E-state index in [1.807, 2.05) is 44.3 Å². The summed E-state index contributed by atoms with van der Waals surface area (Å²) in [6, 6.07) is 12.1. The van der Waals surface area contributed by atoms with Crippen LogP contribution in [0.15, 0.2) is 42.5 Å². The molecule has 0 fully saturated rings. The molecule has 0 bridgehead atoms. The summed E-state index contributed by atoms with van der Waals surface area (Å²) in [6.07, 6.45) is 0. The van der Waals surface area contributed by atoms with Gasteiger partial charge in [-0.3, -0.25) is 4.79 Å². The van der Waals surface area contributed by atoms with E-state index < -0.39 is 0 Å². The zero-order chi connectivity index (χ0) is 19.8. The van der Waals surface area contributed by atoms with Crippen LogP contribution >= 0.6 is 0 Å². The molecule has 1 amide bonds. The fourth-order valence-corrected chi connectivity index (χ4v) is 4.11. The number of carbonyl (C=O) groups is 1. The highest BCUT2D eigenvalue weighted by atomic mass is 19.1. The molecule has 0 saturated carbocycles. The number of aryl methyl sites for hydroxylation is 1. The van der Waals surface area contributed by atoms with Gasteiger partial charge in [0.1, 0.15) is 11.6 Å². The van der Waals surface area contributed by atoms with Gasteiger partial charge in [0.15, 0.2) is 0 Å². The number of methoxy groups -OCH3 is 1. The van der Waals surface area contributed by atoms with Crippen LogP contribution in [0.4, 0.5) is 10.1 Å². The van der Waals surface area contributed by atoms with E-state index in [0.29, 0.717) is 13.1 Å². The minimum Gasteiger partial charge on any atom is -0.497 e. The molecule has 146 valence electrons. The van der Waals surface area contributed by atoms with Gasteiger partial charge in [0.05, 0.1) is 7.11 Å². The van der Waals surface area contributed by atoms with E-state index in [0.717, 1.165) is 33.6 Å². The molecule has 0 radical (unpaired) electrons. The maximum Gasteiger partial charge on any atom is 0.227 e. The van der Waals surface area contributed by atoms with Gasteiger partial charge < -0.3 is 19.9 Å². The smallest absolute Gasteiger partial charge is 0.227 e. The van der Waals surface area contributed by atoms with Crippen LogP contribution in [0.5, 0.6) is 5.75 Å². The standard InChI is InChI=1S/C22H24FN3O2/c1-13(22(27)25-15-5-7-16(28-3)8-6-15)18-11-24-12-20-21(18)17-10-14(23)4-9-19(17)26(20)2/h4-10,13,18,24H,11-12H2,1-3H3,(H,25,27). The first-order valence-corrected chi connectivity index (χ1v) is 9.42. The second-order valence-electron chi connectivity index (χ2n) is 7.32. The van der Waals surface area contributed by atoms with Crippen LogP contribution in [-0.4, -0.2) is 24.1 Å². The Bertz CT molecular complexity index is 1030. The molecule has 0 saturated heterocycles. The lowest BCUT2D eigenvalue weighted by atomic mass is 9.82. The number of amides is 1. The number of benzene rings is 2. The third-order valence-electron chi connectivity index (χ3n) is 5.73. The Morgan fingerprint density at radius 1 is 1.29 bits per heavy atom. The van der Waals surface area contributed by atoms with E-state index in [2.05, 4.69) is 15.2 Å². The Hall–Kier alpha value is -2.86. The van der Waals surface area contributed by atoms with Gasteiger partial charge in [0.2, 0.25) is 5.91 Å². The molecule has 2 heterocycles. The van der Waals surface area contributed by atoms with Crippen molar-refractivity contribution in [2.75, 3.05) is 19.0 Å². The van der Waals surface area contributed by atoms with Crippen molar-refractivity contribution in [3.8, 4) is 5.75 Å². The van der Waals surface area contributed by atoms with Gasteiger partial charge >= 0.3 is 0 Å². The molecule has 1 aliphatic rings. The largest absolute Gasteiger partial charge is 0.497 e. The maximum absolute atomic E-state index is 13.9. The molecule has 28 heavy (non-hydrogen) atoms. The van der Waals surface area contributed by atoms with Gasteiger partial charge in [0, 0.05) is 54.3 Å². The first-order valence-electron chi connectivity index (χ1n) is 9.42. The third kappa shape index (κ3) is 3.14. The van der Waals surface area contributed by atoms with Gasteiger partial charge in [0.25, 0.3) is 0 Å². The highest BCUT2D eigenvalue weighted by Crippen LogP contribution is 2.38. The minimum atomic E-state index is -0.275. The highest BCUT2D eigenvalue weighted by molar-refractivity contribution is 5.94. The first-order chi connectivity index (χ1) is 13.5. The van der Waals surface area contributed by atoms with E-state index >= 15 is 0 Å². The van der Waals surface area contributed by atoms with Crippen molar-refractivity contribution < 1.29 is 13.9 Å². The molecule has 0 aliphatic carbocycles. The summed E-state index contributed by atoms with van der Waals surface area (Å²) in [5.41, 5.74) is 3.91. The predicted molar refractivity (Wildman–Crippen MR) is 108 cm³/mol. The number of aromatic nitrogens is 1. The number of nitrogens with zero attached hydrogens (tertiary/aromatic N) is 1. The fraction of sp³-hybridized carbons (Fsp3) is 0.318. The summed E-state index contributed by atoms with van der Waals surface area (Å²) in [5, 5.41) is 7.29. The topological polar surface area (TPSA) is 55.3 Å². The molecule has 4 rings (SSSR count). The van der Waals surface area contributed by atoms with Crippen LogP contribution in [0.1, 0.15) is 24.1 Å². The van der Waals surface area contributed by atoms with Crippen molar-refractivity contribution in [1.82, 2.24) is 9.88 Å². The molecule has 6 heteroatoms. The second kappa shape index (κ2) is 7.28. The summed E-state index contributed by atoms with van der Waals surface area (Å²) >= 11 is 0. The molecule has 3 aromatic rings. The average Bonchev–Trinajstić information content (AvgIpc) is 3.00. The Morgan fingerprint density at radius 2 is 2.04 bits per heavy atom. The van der Waals surface area contributed by atoms with E-state index in [9.17, 15) is 9.18 Å². The number of ether oxygens (including phenoxy) is 1. The minimum absolute atomic E-state index is 0.0347. The number of fused-ring (bicyclic) bond motifs is 3. The zero-order valence-corrected chi connectivity index (χ0v) is 16.3. The van der Waals surface area contributed by atoms with Crippen LogP contribution in [0.2, 0.25) is 0 Å². The fourth-order valence-electron chi connectivity index (χ4n) is 4.11. The number of anilines is 1. The molecule has 5 nitrogen and oxygen atoms in total. The van der Waals surface area contributed by atoms with Crippen molar-refractivity contribution in [2.24, 2.45) is 13.0 Å². The SMILES string of the molecule is COc1ccc(NC(=O)C(C)C2CNCc3c2c2cc(F)ccc2n3C)cc1.